The van der Waals surface area contributed by atoms with Crippen molar-refractivity contribution < 1.29 is 18.0 Å². The third-order valence-corrected chi connectivity index (χ3v) is 6.01. The van der Waals surface area contributed by atoms with Crippen molar-refractivity contribution in [2.45, 2.75) is 17.7 Å². The molecule has 3 heterocycles. The molecule has 0 aliphatic carbocycles. The Morgan fingerprint density at radius 1 is 1.14 bits per heavy atom. The number of nitrogens with one attached hydrogen (secondary N) is 2. The summed E-state index contributed by atoms with van der Waals surface area (Å²) >= 11 is 0. The minimum atomic E-state index is -3.87. The molecule has 0 fully saturated rings. The molecule has 0 spiro atoms. The Labute approximate surface area is 161 Å². The number of benzene rings is 1. The Kier molecular flexibility index (Phi) is 4.44. The third-order valence-electron chi connectivity index (χ3n) is 4.37. The zero-order valence-corrected chi connectivity index (χ0v) is 15.4. The van der Waals surface area contributed by atoms with Crippen LogP contribution < -0.4 is 10.6 Å². The van der Waals surface area contributed by atoms with E-state index in [1.54, 1.807) is 24.3 Å². The Hall–Kier alpha value is -3.46. The SMILES string of the molecule is O=C1CCc2ccc(S(=O)(=O)n3ccc(NC(=O)c4ccccn4)c3)cc2N1. The van der Waals surface area contributed by atoms with Gasteiger partial charge in [-0.25, -0.2) is 12.4 Å². The maximum absolute atomic E-state index is 12.9. The van der Waals surface area contributed by atoms with Gasteiger partial charge in [-0.05, 0) is 42.3 Å². The highest BCUT2D eigenvalue weighted by atomic mass is 32.2. The van der Waals surface area contributed by atoms with Crippen molar-refractivity contribution in [1.82, 2.24) is 8.96 Å². The number of nitrogens with zero attached hydrogens (tertiary/aromatic N) is 2. The average Bonchev–Trinajstić information content (AvgIpc) is 3.17. The van der Waals surface area contributed by atoms with Crippen molar-refractivity contribution in [2.24, 2.45) is 0 Å². The van der Waals surface area contributed by atoms with Gasteiger partial charge < -0.3 is 10.6 Å². The number of hydrogen-bond acceptors (Lipinski definition) is 5. The van der Waals surface area contributed by atoms with Gasteiger partial charge in [0.2, 0.25) is 5.91 Å². The zero-order valence-electron chi connectivity index (χ0n) is 14.6. The van der Waals surface area contributed by atoms with E-state index < -0.39 is 15.9 Å². The van der Waals surface area contributed by atoms with Crippen LogP contribution >= 0.6 is 0 Å². The lowest BCUT2D eigenvalue weighted by molar-refractivity contribution is -0.116. The first kappa shape index (κ1) is 17.9. The number of carbonyl (C=O) groups excluding carboxylic acids is 2. The molecule has 0 saturated carbocycles. The van der Waals surface area contributed by atoms with Gasteiger partial charge in [-0.3, -0.25) is 14.6 Å². The van der Waals surface area contributed by atoms with Gasteiger partial charge in [-0.1, -0.05) is 12.1 Å². The number of rotatable bonds is 4. The lowest BCUT2D eigenvalue weighted by Crippen LogP contribution is -2.20. The molecule has 0 saturated heterocycles. The molecule has 0 atom stereocenters. The molecule has 8 nitrogen and oxygen atoms in total. The average molecular weight is 396 g/mol. The van der Waals surface area contributed by atoms with E-state index >= 15 is 0 Å². The highest BCUT2D eigenvalue weighted by Crippen LogP contribution is 2.27. The lowest BCUT2D eigenvalue weighted by Gasteiger charge is -2.17. The van der Waals surface area contributed by atoms with Crippen molar-refractivity contribution in [3.8, 4) is 0 Å². The van der Waals surface area contributed by atoms with E-state index in [9.17, 15) is 18.0 Å². The van der Waals surface area contributed by atoms with E-state index in [0.717, 1.165) is 9.54 Å². The van der Waals surface area contributed by atoms with Gasteiger partial charge in [-0.15, -0.1) is 0 Å². The first-order chi connectivity index (χ1) is 13.4. The van der Waals surface area contributed by atoms with Crippen molar-refractivity contribution in [1.29, 1.82) is 0 Å². The fourth-order valence-corrected chi connectivity index (χ4v) is 4.15. The molecular weight excluding hydrogens is 380 g/mol. The summed E-state index contributed by atoms with van der Waals surface area (Å²) in [6.45, 7) is 0. The van der Waals surface area contributed by atoms with Crippen LogP contribution in [0.4, 0.5) is 11.4 Å². The first-order valence-corrected chi connectivity index (χ1v) is 9.96. The van der Waals surface area contributed by atoms with Gasteiger partial charge in [0.25, 0.3) is 15.9 Å². The largest absolute Gasteiger partial charge is 0.326 e. The van der Waals surface area contributed by atoms with Crippen LogP contribution in [0.15, 0.2) is 66.0 Å². The van der Waals surface area contributed by atoms with E-state index in [0.29, 0.717) is 24.2 Å². The van der Waals surface area contributed by atoms with Crippen LogP contribution in [-0.2, 0) is 21.2 Å². The summed E-state index contributed by atoms with van der Waals surface area (Å²) in [5.74, 6) is -0.574. The molecule has 142 valence electrons. The predicted octanol–water partition coefficient (Wildman–Crippen LogP) is 2.26. The van der Waals surface area contributed by atoms with Gasteiger partial charge in [-0.2, -0.15) is 0 Å². The van der Waals surface area contributed by atoms with E-state index in [4.69, 9.17) is 0 Å². The number of pyridine rings is 1. The molecule has 2 amide bonds. The molecule has 1 aliphatic rings. The summed E-state index contributed by atoms with van der Waals surface area (Å²) < 4.78 is 26.8. The second kappa shape index (κ2) is 6.93. The molecule has 4 rings (SSSR count). The number of anilines is 2. The Morgan fingerprint density at radius 2 is 2.00 bits per heavy atom. The molecule has 0 unspecified atom stereocenters. The van der Waals surface area contributed by atoms with E-state index in [-0.39, 0.29) is 16.5 Å². The van der Waals surface area contributed by atoms with Crippen molar-refractivity contribution in [3.63, 3.8) is 0 Å². The molecular formula is C19H16N4O4S. The van der Waals surface area contributed by atoms with Crippen molar-refractivity contribution in [2.75, 3.05) is 10.6 Å². The monoisotopic (exact) mass is 396 g/mol. The molecule has 2 N–H and O–H groups in total. The molecule has 0 radical (unpaired) electrons. The minimum absolute atomic E-state index is 0.0478. The third kappa shape index (κ3) is 3.39. The highest BCUT2D eigenvalue weighted by Gasteiger charge is 2.21. The zero-order chi connectivity index (χ0) is 19.7. The quantitative estimate of drug-likeness (QED) is 0.703. The van der Waals surface area contributed by atoms with Crippen molar-refractivity contribution in [3.05, 3.63) is 72.3 Å². The molecule has 1 aromatic carbocycles. The van der Waals surface area contributed by atoms with Gasteiger partial charge in [0, 0.05) is 30.7 Å². The normalized spacial score (nSPS) is 13.5. The number of carbonyl (C=O) groups is 2. The van der Waals surface area contributed by atoms with E-state index in [1.807, 2.05) is 0 Å². The molecule has 2 aromatic heterocycles. The number of aromatic nitrogens is 2. The highest BCUT2D eigenvalue weighted by molar-refractivity contribution is 7.90. The van der Waals surface area contributed by atoms with E-state index in [2.05, 4.69) is 15.6 Å². The van der Waals surface area contributed by atoms with Crippen LogP contribution in [-0.4, -0.2) is 29.2 Å². The van der Waals surface area contributed by atoms with Crippen LogP contribution in [0.1, 0.15) is 22.5 Å². The molecule has 9 heteroatoms. The van der Waals surface area contributed by atoms with Crippen LogP contribution in [0.5, 0.6) is 0 Å². The molecule has 0 bridgehead atoms. The topological polar surface area (TPSA) is 110 Å². The lowest BCUT2D eigenvalue weighted by atomic mass is 10.0. The number of fused-ring (bicyclic) bond motifs is 1. The Bertz CT molecular complexity index is 1170. The summed E-state index contributed by atoms with van der Waals surface area (Å²) in [6.07, 6.45) is 5.12. The Balaban J connectivity index is 1.58. The summed E-state index contributed by atoms with van der Waals surface area (Å²) in [7, 11) is -3.87. The van der Waals surface area contributed by atoms with Gasteiger partial charge >= 0.3 is 0 Å². The van der Waals surface area contributed by atoms with E-state index in [1.165, 1.54) is 36.8 Å². The second-order valence-electron chi connectivity index (χ2n) is 6.27. The Morgan fingerprint density at radius 3 is 2.79 bits per heavy atom. The number of amides is 2. The standard InChI is InChI=1S/C19H16N4O4S/c24-18-7-5-13-4-6-15(11-17(13)22-18)28(26,27)23-10-8-14(12-23)21-19(25)16-3-1-2-9-20-16/h1-4,6,8-12H,5,7H2,(H,21,25)(H,22,24). The maximum atomic E-state index is 12.9. The predicted molar refractivity (Wildman–Crippen MR) is 103 cm³/mol. The number of aryl methyl sites for hydroxylation is 1. The van der Waals surface area contributed by atoms with Crippen molar-refractivity contribution >= 4 is 33.2 Å². The van der Waals surface area contributed by atoms with Gasteiger partial charge in [0.1, 0.15) is 5.69 Å². The molecule has 3 aromatic rings. The smallest absolute Gasteiger partial charge is 0.274 e. The summed E-state index contributed by atoms with van der Waals surface area (Å²) in [5, 5.41) is 5.31. The molecule has 28 heavy (non-hydrogen) atoms. The minimum Gasteiger partial charge on any atom is -0.326 e. The van der Waals surface area contributed by atoms with Gasteiger partial charge in [0.05, 0.1) is 10.6 Å². The fraction of sp³-hybridized carbons (Fsp3) is 0.105. The van der Waals surface area contributed by atoms with Crippen LogP contribution in [0, 0.1) is 0 Å². The van der Waals surface area contributed by atoms with Gasteiger partial charge in [0.15, 0.2) is 0 Å². The summed E-state index contributed by atoms with van der Waals surface area (Å²) in [6, 6.07) is 11.1. The van der Waals surface area contributed by atoms with Crippen LogP contribution in [0.3, 0.4) is 0 Å². The number of hydrogen-bond donors (Lipinski definition) is 2. The summed E-state index contributed by atoms with van der Waals surface area (Å²) in [4.78, 5) is 27.7. The summed E-state index contributed by atoms with van der Waals surface area (Å²) in [5.41, 5.74) is 1.96. The fourth-order valence-electron chi connectivity index (χ4n) is 2.93. The maximum Gasteiger partial charge on any atom is 0.274 e. The second-order valence-corrected chi connectivity index (χ2v) is 8.11. The first-order valence-electron chi connectivity index (χ1n) is 8.52. The molecule has 1 aliphatic heterocycles. The van der Waals surface area contributed by atoms with Crippen LogP contribution in [0.25, 0.3) is 0 Å². The van der Waals surface area contributed by atoms with Crippen LogP contribution in [0.2, 0.25) is 0 Å².